The Morgan fingerprint density at radius 3 is 2.69 bits per heavy atom. The Hall–Kier alpha value is -3.68. The summed E-state index contributed by atoms with van der Waals surface area (Å²) in [7, 11) is 0. The highest BCUT2D eigenvalue weighted by molar-refractivity contribution is 5.94. The van der Waals surface area contributed by atoms with Crippen LogP contribution < -0.4 is 10.6 Å². The summed E-state index contributed by atoms with van der Waals surface area (Å²) in [6.07, 6.45) is 5.50. The molecule has 166 valence electrons. The second-order valence-corrected chi connectivity index (χ2v) is 7.84. The Morgan fingerprint density at radius 2 is 1.81 bits per heavy atom. The predicted octanol–water partition coefficient (Wildman–Crippen LogP) is 3.17. The Balaban J connectivity index is 1.10. The molecule has 0 saturated heterocycles. The maximum absolute atomic E-state index is 12.5. The number of aromatic amines is 1. The van der Waals surface area contributed by atoms with Gasteiger partial charge in [-0.15, -0.1) is 0 Å². The van der Waals surface area contributed by atoms with E-state index in [2.05, 4.69) is 25.6 Å². The largest absolute Gasteiger partial charge is 0.356 e. The predicted molar refractivity (Wildman–Crippen MR) is 124 cm³/mol. The molecule has 0 bridgehead atoms. The lowest BCUT2D eigenvalue weighted by Gasteiger charge is -2.07. The van der Waals surface area contributed by atoms with Gasteiger partial charge in [-0.25, -0.2) is 9.97 Å². The molecule has 4 aromatic rings. The number of unbranched alkanes of at least 4 members (excludes halogenated alkanes) is 2. The minimum absolute atomic E-state index is 0.0477. The molecule has 0 aliphatic carbocycles. The summed E-state index contributed by atoms with van der Waals surface area (Å²) in [6, 6.07) is 13.6. The molecule has 0 radical (unpaired) electrons. The molecule has 4 rings (SSSR count). The molecule has 0 aliphatic heterocycles. The average molecular weight is 433 g/mol. The van der Waals surface area contributed by atoms with Gasteiger partial charge in [0, 0.05) is 32.1 Å². The smallest absolute Gasteiger partial charge is 0.270 e. The van der Waals surface area contributed by atoms with Gasteiger partial charge < -0.3 is 15.6 Å². The van der Waals surface area contributed by atoms with Crippen LogP contribution in [0, 0.1) is 6.92 Å². The van der Waals surface area contributed by atoms with Crippen molar-refractivity contribution in [3.8, 4) is 0 Å². The molecule has 0 saturated carbocycles. The van der Waals surface area contributed by atoms with E-state index in [1.807, 2.05) is 55.6 Å². The van der Waals surface area contributed by atoms with E-state index in [1.165, 1.54) is 0 Å². The number of aryl methyl sites for hydroxylation is 1. The highest BCUT2D eigenvalue weighted by Crippen LogP contribution is 2.12. The fourth-order valence-corrected chi connectivity index (χ4v) is 3.79. The van der Waals surface area contributed by atoms with Crippen LogP contribution in [0.3, 0.4) is 0 Å². The van der Waals surface area contributed by atoms with Gasteiger partial charge in [0.05, 0.1) is 16.7 Å². The number of amides is 2. The average Bonchev–Trinajstić information content (AvgIpc) is 3.35. The van der Waals surface area contributed by atoms with Crippen molar-refractivity contribution in [1.82, 2.24) is 30.0 Å². The lowest BCUT2D eigenvalue weighted by molar-refractivity contribution is -0.121. The molecule has 8 nitrogen and oxygen atoms in total. The van der Waals surface area contributed by atoms with E-state index >= 15 is 0 Å². The summed E-state index contributed by atoms with van der Waals surface area (Å²) in [5, 5.41) is 5.91. The normalized spacial score (nSPS) is 11.2. The Morgan fingerprint density at radius 1 is 0.969 bits per heavy atom. The van der Waals surface area contributed by atoms with Crippen LogP contribution >= 0.6 is 0 Å². The van der Waals surface area contributed by atoms with Crippen molar-refractivity contribution in [1.29, 1.82) is 0 Å². The highest BCUT2D eigenvalue weighted by Gasteiger charge is 2.15. The van der Waals surface area contributed by atoms with Crippen molar-refractivity contribution in [3.63, 3.8) is 0 Å². The fourth-order valence-electron chi connectivity index (χ4n) is 3.79. The molecule has 0 spiro atoms. The Labute approximate surface area is 186 Å². The molecule has 3 aromatic heterocycles. The minimum atomic E-state index is -0.121. The number of para-hydroxylation sites is 2. The van der Waals surface area contributed by atoms with Crippen molar-refractivity contribution in [2.45, 2.75) is 39.0 Å². The molecule has 1 aromatic carbocycles. The van der Waals surface area contributed by atoms with Gasteiger partial charge in [-0.1, -0.05) is 24.6 Å². The van der Waals surface area contributed by atoms with Gasteiger partial charge in [0.2, 0.25) is 5.91 Å². The van der Waals surface area contributed by atoms with Crippen LogP contribution in [0.5, 0.6) is 0 Å². The third-order valence-electron chi connectivity index (χ3n) is 5.41. The minimum Gasteiger partial charge on any atom is -0.356 e. The quantitative estimate of drug-likeness (QED) is 0.335. The van der Waals surface area contributed by atoms with Crippen molar-refractivity contribution < 1.29 is 9.59 Å². The molecule has 32 heavy (non-hydrogen) atoms. The summed E-state index contributed by atoms with van der Waals surface area (Å²) in [6.45, 7) is 2.98. The van der Waals surface area contributed by atoms with Crippen LogP contribution in [0.25, 0.3) is 16.7 Å². The first-order valence-electron chi connectivity index (χ1n) is 11.0. The number of nitrogens with one attached hydrogen (secondary N) is 3. The first-order valence-corrected chi connectivity index (χ1v) is 11.0. The molecule has 2 amide bonds. The van der Waals surface area contributed by atoms with Crippen molar-refractivity contribution >= 4 is 28.5 Å². The summed E-state index contributed by atoms with van der Waals surface area (Å²) in [4.78, 5) is 36.8. The number of aromatic nitrogens is 4. The number of benzene rings is 1. The van der Waals surface area contributed by atoms with E-state index in [0.29, 0.717) is 37.3 Å². The van der Waals surface area contributed by atoms with Crippen molar-refractivity contribution in [2.75, 3.05) is 13.1 Å². The maximum Gasteiger partial charge on any atom is 0.270 e. The van der Waals surface area contributed by atoms with E-state index < -0.39 is 0 Å². The molecule has 0 unspecified atom stereocenters. The molecule has 0 aliphatic rings. The van der Waals surface area contributed by atoms with E-state index in [4.69, 9.17) is 0 Å². The van der Waals surface area contributed by atoms with E-state index in [0.717, 1.165) is 41.8 Å². The SMILES string of the molecule is Cc1nc2ccccn2c1C(=O)NCCCCCC(=O)NCCc1nc2ccccc2[nH]1. The summed E-state index contributed by atoms with van der Waals surface area (Å²) >= 11 is 0. The summed E-state index contributed by atoms with van der Waals surface area (Å²) in [5.74, 6) is 0.805. The third kappa shape index (κ3) is 5.14. The number of rotatable bonds is 10. The Bertz CT molecular complexity index is 1190. The molecule has 8 heteroatoms. The van der Waals surface area contributed by atoms with Gasteiger partial charge in [-0.2, -0.15) is 0 Å². The topological polar surface area (TPSA) is 104 Å². The number of carbonyl (C=O) groups is 2. The van der Waals surface area contributed by atoms with Crippen LogP contribution in [0.2, 0.25) is 0 Å². The van der Waals surface area contributed by atoms with Gasteiger partial charge >= 0.3 is 0 Å². The van der Waals surface area contributed by atoms with E-state index in [9.17, 15) is 9.59 Å². The van der Waals surface area contributed by atoms with Crippen LogP contribution in [-0.4, -0.2) is 44.3 Å². The first kappa shape index (κ1) is 21.5. The van der Waals surface area contributed by atoms with E-state index in [-0.39, 0.29) is 11.8 Å². The number of fused-ring (bicyclic) bond motifs is 2. The number of H-pyrrole nitrogens is 1. The lowest BCUT2D eigenvalue weighted by atomic mass is 10.2. The van der Waals surface area contributed by atoms with Crippen LogP contribution in [0.15, 0.2) is 48.7 Å². The number of hydrogen-bond donors (Lipinski definition) is 3. The molecular weight excluding hydrogens is 404 g/mol. The number of carbonyl (C=O) groups excluding carboxylic acids is 2. The van der Waals surface area contributed by atoms with Crippen LogP contribution in [-0.2, 0) is 11.2 Å². The second kappa shape index (κ2) is 10.1. The first-order chi connectivity index (χ1) is 15.6. The maximum atomic E-state index is 12.5. The van der Waals surface area contributed by atoms with Gasteiger partial charge in [-0.3, -0.25) is 14.0 Å². The molecule has 0 atom stereocenters. The molecule has 3 N–H and O–H groups in total. The molecule has 3 heterocycles. The van der Waals surface area contributed by atoms with Gasteiger partial charge in [0.25, 0.3) is 5.91 Å². The monoisotopic (exact) mass is 432 g/mol. The fraction of sp³-hybridized carbons (Fsp3) is 0.333. The van der Waals surface area contributed by atoms with Gasteiger partial charge in [0.1, 0.15) is 17.2 Å². The van der Waals surface area contributed by atoms with Gasteiger partial charge in [-0.05, 0) is 44.0 Å². The van der Waals surface area contributed by atoms with E-state index in [1.54, 1.807) is 4.40 Å². The number of nitrogens with zero attached hydrogens (tertiary/aromatic N) is 3. The standard InChI is InChI=1S/C24H28N6O2/c1-17-23(30-16-8-6-11-21(30)27-17)24(32)26-14-7-2-3-12-22(31)25-15-13-20-28-18-9-4-5-10-19(18)29-20/h4-6,8-11,16H,2-3,7,12-15H2,1H3,(H,25,31)(H,26,32)(H,28,29). The van der Waals surface area contributed by atoms with Gasteiger partial charge in [0.15, 0.2) is 0 Å². The Kier molecular flexibility index (Phi) is 6.79. The van der Waals surface area contributed by atoms with Crippen molar-refractivity contribution in [3.05, 3.63) is 65.9 Å². The molecular formula is C24H28N6O2. The zero-order valence-electron chi connectivity index (χ0n) is 18.2. The van der Waals surface area contributed by atoms with Crippen LogP contribution in [0.1, 0.15) is 47.7 Å². The molecule has 0 fully saturated rings. The van der Waals surface area contributed by atoms with Crippen molar-refractivity contribution in [2.24, 2.45) is 0 Å². The summed E-state index contributed by atoms with van der Waals surface area (Å²) in [5.41, 5.74) is 4.01. The highest BCUT2D eigenvalue weighted by atomic mass is 16.2. The zero-order chi connectivity index (χ0) is 22.3. The van der Waals surface area contributed by atoms with Crippen LogP contribution in [0.4, 0.5) is 0 Å². The third-order valence-corrected chi connectivity index (χ3v) is 5.41. The summed E-state index contributed by atoms with van der Waals surface area (Å²) < 4.78 is 1.81. The lowest BCUT2D eigenvalue weighted by Crippen LogP contribution is -2.27. The second-order valence-electron chi connectivity index (χ2n) is 7.84. The number of pyridine rings is 1. The zero-order valence-corrected chi connectivity index (χ0v) is 18.2. The number of hydrogen-bond acceptors (Lipinski definition) is 4. The number of imidazole rings is 2.